The first-order valence-electron chi connectivity index (χ1n) is 15.5. The Morgan fingerprint density at radius 1 is 0.884 bits per heavy atom. The molecule has 1 saturated heterocycles. The lowest BCUT2D eigenvalue weighted by molar-refractivity contribution is -0.127. The van der Waals surface area contributed by atoms with Crippen molar-refractivity contribution < 1.29 is 18.8 Å². The van der Waals surface area contributed by atoms with Gasteiger partial charge in [0.15, 0.2) is 11.6 Å². The largest absolute Gasteiger partial charge is 0.448 e. The summed E-state index contributed by atoms with van der Waals surface area (Å²) < 4.78 is 5.54. The SMILES string of the molecule is Cc1ccccc1N1CCN(c2ccc(C(=O)NCCCNC(=O)C3CCC3)cc2NC(=O)c2coc(C3CC3)n2)CC1. The van der Waals surface area contributed by atoms with Gasteiger partial charge in [0, 0.05) is 62.4 Å². The Labute approximate surface area is 252 Å². The van der Waals surface area contributed by atoms with Crippen molar-refractivity contribution in [2.24, 2.45) is 5.92 Å². The zero-order valence-electron chi connectivity index (χ0n) is 24.7. The van der Waals surface area contributed by atoms with Gasteiger partial charge in [0.05, 0.1) is 11.4 Å². The average molecular weight is 585 g/mol. The van der Waals surface area contributed by atoms with E-state index in [-0.39, 0.29) is 29.3 Å². The van der Waals surface area contributed by atoms with Gasteiger partial charge in [-0.1, -0.05) is 24.6 Å². The molecule has 3 aliphatic rings. The van der Waals surface area contributed by atoms with Gasteiger partial charge in [-0.15, -0.1) is 0 Å². The summed E-state index contributed by atoms with van der Waals surface area (Å²) >= 11 is 0. The highest BCUT2D eigenvalue weighted by Gasteiger charge is 2.30. The van der Waals surface area contributed by atoms with Crippen LogP contribution in [0.3, 0.4) is 0 Å². The van der Waals surface area contributed by atoms with E-state index in [1.165, 1.54) is 17.5 Å². The molecule has 2 aromatic carbocycles. The summed E-state index contributed by atoms with van der Waals surface area (Å²) in [7, 11) is 0. The van der Waals surface area contributed by atoms with Gasteiger partial charge in [0.2, 0.25) is 5.91 Å². The van der Waals surface area contributed by atoms with Crippen molar-refractivity contribution in [3.63, 3.8) is 0 Å². The zero-order chi connectivity index (χ0) is 29.8. The van der Waals surface area contributed by atoms with Crippen LogP contribution in [0.25, 0.3) is 0 Å². The Morgan fingerprint density at radius 2 is 1.60 bits per heavy atom. The molecule has 10 nitrogen and oxygen atoms in total. The lowest BCUT2D eigenvalue weighted by Gasteiger charge is -2.38. The van der Waals surface area contributed by atoms with Gasteiger partial charge >= 0.3 is 0 Å². The molecule has 0 unspecified atom stereocenters. The Kier molecular flexibility index (Phi) is 8.62. The molecule has 0 bridgehead atoms. The van der Waals surface area contributed by atoms with Crippen molar-refractivity contribution >= 4 is 34.8 Å². The third-order valence-corrected chi connectivity index (χ3v) is 8.68. The fraction of sp³-hybridized carbons (Fsp3) is 0.455. The number of aryl methyl sites for hydroxylation is 1. The van der Waals surface area contributed by atoms with Crippen molar-refractivity contribution in [3.8, 4) is 0 Å². The third kappa shape index (κ3) is 6.84. The van der Waals surface area contributed by atoms with Gasteiger partial charge in [-0.25, -0.2) is 4.98 Å². The summed E-state index contributed by atoms with van der Waals surface area (Å²) in [6.45, 7) is 6.32. The van der Waals surface area contributed by atoms with E-state index in [0.717, 1.165) is 64.0 Å². The molecule has 3 fully saturated rings. The molecular weight excluding hydrogens is 544 g/mol. The quantitative estimate of drug-likeness (QED) is 0.285. The van der Waals surface area contributed by atoms with Crippen LogP contribution in [0, 0.1) is 12.8 Å². The third-order valence-electron chi connectivity index (χ3n) is 8.68. The van der Waals surface area contributed by atoms with E-state index in [0.29, 0.717) is 42.6 Å². The van der Waals surface area contributed by atoms with Crippen LogP contribution in [-0.4, -0.2) is 62.0 Å². The normalized spacial score (nSPS) is 16.9. The number of hydrogen-bond acceptors (Lipinski definition) is 7. The molecule has 226 valence electrons. The number of para-hydroxylation sites is 1. The van der Waals surface area contributed by atoms with E-state index in [1.807, 2.05) is 6.07 Å². The molecule has 2 aliphatic carbocycles. The Balaban J connectivity index is 1.12. The monoisotopic (exact) mass is 584 g/mol. The summed E-state index contributed by atoms with van der Waals surface area (Å²) in [5.41, 5.74) is 4.59. The molecule has 1 aliphatic heterocycles. The van der Waals surface area contributed by atoms with Gasteiger partial charge in [0.25, 0.3) is 11.8 Å². The van der Waals surface area contributed by atoms with Crippen LogP contribution in [0.2, 0.25) is 0 Å². The summed E-state index contributed by atoms with van der Waals surface area (Å²) in [6.07, 6.45) is 7.18. The van der Waals surface area contributed by atoms with Crippen LogP contribution < -0.4 is 25.8 Å². The van der Waals surface area contributed by atoms with E-state index in [9.17, 15) is 14.4 Å². The van der Waals surface area contributed by atoms with Crippen LogP contribution in [0.15, 0.2) is 53.1 Å². The molecule has 3 N–H and O–H groups in total. The van der Waals surface area contributed by atoms with Gasteiger partial charge in [-0.3, -0.25) is 14.4 Å². The molecule has 0 atom stereocenters. The van der Waals surface area contributed by atoms with E-state index < -0.39 is 0 Å². The van der Waals surface area contributed by atoms with E-state index in [2.05, 4.69) is 61.9 Å². The topological polar surface area (TPSA) is 120 Å². The fourth-order valence-electron chi connectivity index (χ4n) is 5.67. The predicted octanol–water partition coefficient (Wildman–Crippen LogP) is 4.48. The maximum absolute atomic E-state index is 13.2. The Bertz CT molecular complexity index is 1470. The highest BCUT2D eigenvalue weighted by atomic mass is 16.3. The van der Waals surface area contributed by atoms with Crippen LogP contribution in [0.5, 0.6) is 0 Å². The number of piperazine rings is 1. The Hall–Kier alpha value is -4.34. The number of benzene rings is 2. The number of hydrogen-bond donors (Lipinski definition) is 3. The second-order valence-electron chi connectivity index (χ2n) is 11.8. The van der Waals surface area contributed by atoms with E-state index >= 15 is 0 Å². The van der Waals surface area contributed by atoms with Crippen LogP contribution in [0.4, 0.5) is 17.1 Å². The minimum atomic E-state index is -0.366. The van der Waals surface area contributed by atoms with Crippen LogP contribution in [0.1, 0.15) is 76.7 Å². The molecule has 0 spiro atoms. The number of nitrogens with one attached hydrogen (secondary N) is 3. The standard InChI is InChI=1S/C33H40N6O4/c1-22-6-2-3-9-28(22)38-16-18-39(19-17-38)29-13-12-25(31(41)35-15-5-14-34-30(40)23-7-4-8-23)20-26(29)36-32(42)27-21-43-33(37-27)24-10-11-24/h2-3,6,9,12-13,20-21,23-24H,4-5,7-8,10-11,14-19H2,1H3,(H,34,40)(H,35,41)(H,36,42). The Morgan fingerprint density at radius 3 is 2.30 bits per heavy atom. The maximum atomic E-state index is 13.2. The summed E-state index contributed by atoms with van der Waals surface area (Å²) in [5, 5.41) is 8.91. The van der Waals surface area contributed by atoms with Gasteiger partial charge in [-0.05, 0) is 68.9 Å². The van der Waals surface area contributed by atoms with Crippen molar-refractivity contribution in [1.82, 2.24) is 15.6 Å². The van der Waals surface area contributed by atoms with Gasteiger partial charge in [0.1, 0.15) is 6.26 Å². The van der Waals surface area contributed by atoms with Crippen molar-refractivity contribution in [2.75, 3.05) is 54.4 Å². The molecule has 10 heteroatoms. The average Bonchev–Trinajstić information content (AvgIpc) is 3.72. The number of amides is 3. The first-order chi connectivity index (χ1) is 21.0. The molecule has 0 radical (unpaired) electrons. The molecule has 6 rings (SSSR count). The van der Waals surface area contributed by atoms with E-state index in [1.54, 1.807) is 12.1 Å². The molecule has 43 heavy (non-hydrogen) atoms. The van der Waals surface area contributed by atoms with Crippen molar-refractivity contribution in [3.05, 3.63) is 71.4 Å². The lowest BCUT2D eigenvalue weighted by Crippen LogP contribution is -2.47. The smallest absolute Gasteiger partial charge is 0.277 e. The number of rotatable bonds is 11. The number of carbonyl (C=O) groups excluding carboxylic acids is 3. The molecule has 1 aromatic heterocycles. The first-order valence-corrected chi connectivity index (χ1v) is 15.5. The minimum Gasteiger partial charge on any atom is -0.448 e. The first kappa shape index (κ1) is 28.8. The summed E-state index contributed by atoms with van der Waals surface area (Å²) in [4.78, 5) is 47.4. The molecular formula is C33H40N6O4. The molecule has 3 aromatic rings. The van der Waals surface area contributed by atoms with Gasteiger partial charge in [-0.2, -0.15) is 0 Å². The number of aromatic nitrogens is 1. The van der Waals surface area contributed by atoms with E-state index in [4.69, 9.17) is 4.42 Å². The number of oxazole rings is 1. The second kappa shape index (κ2) is 12.9. The number of nitrogens with zero attached hydrogens (tertiary/aromatic N) is 3. The van der Waals surface area contributed by atoms with Crippen molar-refractivity contribution in [1.29, 1.82) is 0 Å². The second-order valence-corrected chi connectivity index (χ2v) is 11.8. The summed E-state index contributed by atoms with van der Waals surface area (Å²) in [5.74, 6) is 0.591. The summed E-state index contributed by atoms with van der Waals surface area (Å²) in [6, 6.07) is 13.8. The van der Waals surface area contributed by atoms with Crippen LogP contribution in [-0.2, 0) is 4.79 Å². The highest BCUT2D eigenvalue weighted by molar-refractivity contribution is 6.06. The van der Waals surface area contributed by atoms with Gasteiger partial charge < -0.3 is 30.2 Å². The lowest BCUT2D eigenvalue weighted by atomic mass is 9.85. The zero-order valence-corrected chi connectivity index (χ0v) is 24.7. The maximum Gasteiger partial charge on any atom is 0.277 e. The molecule has 2 heterocycles. The molecule has 2 saturated carbocycles. The minimum absolute atomic E-state index is 0.115. The number of carbonyl (C=O) groups is 3. The predicted molar refractivity (Wildman–Crippen MR) is 166 cm³/mol. The molecule has 3 amide bonds. The van der Waals surface area contributed by atoms with Crippen molar-refractivity contribution in [2.45, 2.75) is 51.4 Å². The van der Waals surface area contributed by atoms with Crippen LogP contribution >= 0.6 is 0 Å². The highest BCUT2D eigenvalue weighted by Crippen LogP contribution is 2.39. The number of anilines is 3. The fourth-order valence-corrected chi connectivity index (χ4v) is 5.67.